The molecule has 0 radical (unpaired) electrons. The van der Waals surface area contributed by atoms with Crippen molar-refractivity contribution in [3.63, 3.8) is 0 Å². The van der Waals surface area contributed by atoms with Gasteiger partial charge in [-0.2, -0.15) is 0 Å². The molecule has 1 aromatic rings. The van der Waals surface area contributed by atoms with Crippen LogP contribution in [0.3, 0.4) is 0 Å². The van der Waals surface area contributed by atoms with E-state index in [-0.39, 0.29) is 42.8 Å². The van der Waals surface area contributed by atoms with E-state index in [2.05, 4.69) is 5.32 Å². The summed E-state index contributed by atoms with van der Waals surface area (Å²) in [5.74, 6) is -0.482. The fourth-order valence-electron chi connectivity index (χ4n) is 3.72. The molecular weight excluding hydrogens is 384 g/mol. The zero-order valence-electron chi connectivity index (χ0n) is 16.1. The second-order valence-electron chi connectivity index (χ2n) is 6.84. The maximum Gasteiger partial charge on any atom is 0.335 e. The molecule has 1 aromatic carbocycles. The Morgan fingerprint density at radius 1 is 1.29 bits per heavy atom. The van der Waals surface area contributed by atoms with Crippen molar-refractivity contribution in [2.45, 2.75) is 32.3 Å². The minimum absolute atomic E-state index is 0.00972. The lowest BCUT2D eigenvalue weighted by Gasteiger charge is -2.38. The molecule has 1 spiro atoms. The van der Waals surface area contributed by atoms with Gasteiger partial charge in [0.2, 0.25) is 10.0 Å². The molecule has 1 N–H and O–H groups in total. The van der Waals surface area contributed by atoms with Gasteiger partial charge in [0, 0.05) is 31.5 Å². The summed E-state index contributed by atoms with van der Waals surface area (Å²) in [4.78, 5) is 25.3. The van der Waals surface area contributed by atoms with Crippen molar-refractivity contribution in [3.8, 4) is 5.75 Å². The average Bonchev–Trinajstić information content (AvgIpc) is 2.92. The Bertz CT molecular complexity index is 929. The first-order valence-electron chi connectivity index (χ1n) is 9.11. The SMILES string of the molecule is CCS(=O)(=O)N1CCC2(CC1)OC(=O)C(C)=C2C(=O)Nc1ccccc1OC. The fraction of sp³-hybridized carbons (Fsp3) is 0.474. The number of rotatable bonds is 5. The highest BCUT2D eigenvalue weighted by molar-refractivity contribution is 7.89. The van der Waals surface area contributed by atoms with Gasteiger partial charge in [-0.05, 0) is 26.0 Å². The van der Waals surface area contributed by atoms with E-state index in [1.54, 1.807) is 38.1 Å². The first-order valence-corrected chi connectivity index (χ1v) is 10.7. The minimum atomic E-state index is -3.33. The standard InChI is InChI=1S/C19H24N2O6S/c1-4-28(24,25)21-11-9-19(10-12-21)16(13(2)18(23)27-19)17(22)20-14-7-5-6-8-15(14)26-3/h5-8H,4,9-12H2,1-3H3,(H,20,22). The number of esters is 1. The van der Waals surface area contributed by atoms with Gasteiger partial charge in [-0.1, -0.05) is 12.1 Å². The number of amides is 1. The minimum Gasteiger partial charge on any atom is -0.495 e. The lowest BCUT2D eigenvalue weighted by Crippen LogP contribution is -2.49. The molecule has 2 aliphatic heterocycles. The van der Waals surface area contributed by atoms with Crippen LogP contribution in [0.5, 0.6) is 5.75 Å². The van der Waals surface area contributed by atoms with Crippen molar-refractivity contribution >= 4 is 27.6 Å². The van der Waals surface area contributed by atoms with Crippen molar-refractivity contribution in [3.05, 3.63) is 35.4 Å². The van der Waals surface area contributed by atoms with Crippen molar-refractivity contribution in [1.29, 1.82) is 0 Å². The molecular formula is C19H24N2O6S. The van der Waals surface area contributed by atoms with E-state index in [0.29, 0.717) is 11.4 Å². The number of carbonyl (C=O) groups excluding carboxylic acids is 2. The number of hydrogen-bond donors (Lipinski definition) is 1. The second kappa shape index (κ2) is 7.56. The van der Waals surface area contributed by atoms with Crippen LogP contribution < -0.4 is 10.1 Å². The van der Waals surface area contributed by atoms with E-state index in [4.69, 9.17) is 9.47 Å². The third-order valence-electron chi connectivity index (χ3n) is 5.30. The average molecular weight is 408 g/mol. The van der Waals surface area contributed by atoms with Crippen LogP contribution in [0.25, 0.3) is 0 Å². The van der Waals surface area contributed by atoms with Crippen LogP contribution in [0.4, 0.5) is 5.69 Å². The van der Waals surface area contributed by atoms with E-state index in [0.717, 1.165) is 0 Å². The molecule has 0 unspecified atom stereocenters. The summed E-state index contributed by atoms with van der Waals surface area (Å²) in [6, 6.07) is 6.97. The predicted octanol–water partition coefficient (Wildman–Crippen LogP) is 1.69. The predicted molar refractivity (Wildman–Crippen MR) is 103 cm³/mol. The molecule has 2 aliphatic rings. The Hall–Kier alpha value is -2.39. The number of piperidine rings is 1. The number of nitrogens with one attached hydrogen (secondary N) is 1. The molecule has 1 amide bonds. The number of hydrogen-bond acceptors (Lipinski definition) is 6. The van der Waals surface area contributed by atoms with E-state index in [1.807, 2.05) is 0 Å². The lowest BCUT2D eigenvalue weighted by atomic mass is 9.83. The van der Waals surface area contributed by atoms with Crippen LogP contribution in [0.1, 0.15) is 26.7 Å². The summed E-state index contributed by atoms with van der Waals surface area (Å²) in [6.45, 7) is 3.54. The Kier molecular flexibility index (Phi) is 5.49. The first kappa shape index (κ1) is 20.3. The summed E-state index contributed by atoms with van der Waals surface area (Å²) in [5, 5.41) is 2.79. The quantitative estimate of drug-likeness (QED) is 0.744. The maximum atomic E-state index is 13.1. The Balaban J connectivity index is 1.86. The molecule has 0 bridgehead atoms. The number of ether oxygens (including phenoxy) is 2. The van der Waals surface area contributed by atoms with Gasteiger partial charge in [0.1, 0.15) is 11.4 Å². The monoisotopic (exact) mass is 408 g/mol. The largest absolute Gasteiger partial charge is 0.495 e. The van der Waals surface area contributed by atoms with Crippen molar-refractivity contribution in [2.75, 3.05) is 31.3 Å². The highest BCUT2D eigenvalue weighted by Crippen LogP contribution is 2.42. The van der Waals surface area contributed by atoms with Gasteiger partial charge >= 0.3 is 5.97 Å². The number of carbonyl (C=O) groups is 2. The molecule has 1 saturated heterocycles. The Morgan fingerprint density at radius 2 is 1.93 bits per heavy atom. The molecule has 9 heteroatoms. The molecule has 1 fully saturated rings. The highest BCUT2D eigenvalue weighted by atomic mass is 32.2. The summed E-state index contributed by atoms with van der Waals surface area (Å²) >= 11 is 0. The van der Waals surface area contributed by atoms with Gasteiger partial charge < -0.3 is 14.8 Å². The normalized spacial score (nSPS) is 19.6. The number of para-hydroxylation sites is 2. The Labute approximate surface area is 164 Å². The highest BCUT2D eigenvalue weighted by Gasteiger charge is 2.51. The summed E-state index contributed by atoms with van der Waals surface area (Å²) in [5.41, 5.74) is -0.112. The topological polar surface area (TPSA) is 102 Å². The van der Waals surface area contributed by atoms with Crippen LogP contribution in [0.2, 0.25) is 0 Å². The van der Waals surface area contributed by atoms with E-state index < -0.39 is 27.5 Å². The third-order valence-corrected chi connectivity index (χ3v) is 7.18. The van der Waals surface area contributed by atoms with Crippen LogP contribution in [-0.4, -0.2) is 56.2 Å². The zero-order valence-corrected chi connectivity index (χ0v) is 17.0. The molecule has 0 aliphatic carbocycles. The molecule has 28 heavy (non-hydrogen) atoms. The smallest absolute Gasteiger partial charge is 0.335 e. The molecule has 0 saturated carbocycles. The summed E-state index contributed by atoms with van der Waals surface area (Å²) in [7, 11) is -1.83. The number of sulfonamides is 1. The van der Waals surface area contributed by atoms with Gasteiger partial charge in [0.15, 0.2) is 0 Å². The summed E-state index contributed by atoms with van der Waals surface area (Å²) < 4.78 is 36.5. The van der Waals surface area contributed by atoms with Gasteiger partial charge in [0.25, 0.3) is 5.91 Å². The molecule has 3 rings (SSSR count). The van der Waals surface area contributed by atoms with E-state index in [1.165, 1.54) is 11.4 Å². The second-order valence-corrected chi connectivity index (χ2v) is 9.10. The van der Waals surface area contributed by atoms with Crippen molar-refractivity contribution in [1.82, 2.24) is 4.31 Å². The van der Waals surface area contributed by atoms with Gasteiger partial charge in [-0.25, -0.2) is 17.5 Å². The van der Waals surface area contributed by atoms with Crippen LogP contribution >= 0.6 is 0 Å². The molecule has 8 nitrogen and oxygen atoms in total. The van der Waals surface area contributed by atoms with Crippen LogP contribution in [0.15, 0.2) is 35.4 Å². The fourth-order valence-corrected chi connectivity index (χ4v) is 4.82. The van der Waals surface area contributed by atoms with Crippen LogP contribution in [0, 0.1) is 0 Å². The van der Waals surface area contributed by atoms with Crippen molar-refractivity contribution < 1.29 is 27.5 Å². The lowest BCUT2D eigenvalue weighted by molar-refractivity contribution is -0.149. The molecule has 0 aromatic heterocycles. The Morgan fingerprint density at radius 3 is 2.54 bits per heavy atom. The third kappa shape index (κ3) is 3.51. The molecule has 0 atom stereocenters. The van der Waals surface area contributed by atoms with E-state index >= 15 is 0 Å². The number of benzene rings is 1. The maximum absolute atomic E-state index is 13.1. The van der Waals surface area contributed by atoms with E-state index in [9.17, 15) is 18.0 Å². The number of anilines is 1. The van der Waals surface area contributed by atoms with Gasteiger partial charge in [-0.3, -0.25) is 4.79 Å². The van der Waals surface area contributed by atoms with Crippen molar-refractivity contribution in [2.24, 2.45) is 0 Å². The van der Waals surface area contributed by atoms with Gasteiger partial charge in [-0.15, -0.1) is 0 Å². The first-order chi connectivity index (χ1) is 13.2. The summed E-state index contributed by atoms with van der Waals surface area (Å²) in [6.07, 6.45) is 0.480. The number of nitrogens with zero attached hydrogens (tertiary/aromatic N) is 1. The number of methoxy groups -OCH3 is 1. The van der Waals surface area contributed by atoms with Gasteiger partial charge in [0.05, 0.1) is 24.1 Å². The molecule has 152 valence electrons. The zero-order chi connectivity index (χ0) is 20.5. The molecule has 2 heterocycles. The van der Waals surface area contributed by atoms with Crippen LogP contribution in [-0.2, 0) is 24.3 Å².